The van der Waals surface area contributed by atoms with Gasteiger partial charge in [-0.3, -0.25) is 25.8 Å². The van der Waals surface area contributed by atoms with E-state index >= 15 is 0 Å². The van der Waals surface area contributed by atoms with Crippen LogP contribution in [0.4, 0.5) is 0 Å². The number of hydrazine groups is 1. The number of hydrogen-bond acceptors (Lipinski definition) is 4. The summed E-state index contributed by atoms with van der Waals surface area (Å²) in [5.41, 5.74) is 5.41. The summed E-state index contributed by atoms with van der Waals surface area (Å²) in [7, 11) is 0. The van der Waals surface area contributed by atoms with Crippen molar-refractivity contribution in [2.45, 2.75) is 52.6 Å². The molecule has 1 aromatic carbocycles. The van der Waals surface area contributed by atoms with Gasteiger partial charge < -0.3 is 4.74 Å². The minimum absolute atomic E-state index is 0.0222. The molecule has 0 saturated carbocycles. The molecule has 3 N–H and O–H groups in total. The predicted molar refractivity (Wildman–Crippen MR) is 97.7 cm³/mol. The SMILES string of the molecule is CCCCCC(=O)NNC(=S)NC(=O)c1cccc(OC(C)C)c1. The molecule has 0 spiro atoms. The van der Waals surface area contributed by atoms with E-state index in [2.05, 4.69) is 23.1 Å². The summed E-state index contributed by atoms with van der Waals surface area (Å²) in [5.74, 6) is 0.0788. The Balaban J connectivity index is 2.44. The second-order valence-corrected chi connectivity index (χ2v) is 6.02. The molecule has 0 fully saturated rings. The molecule has 24 heavy (non-hydrogen) atoms. The maximum absolute atomic E-state index is 12.1. The van der Waals surface area contributed by atoms with E-state index in [0.29, 0.717) is 17.7 Å². The summed E-state index contributed by atoms with van der Waals surface area (Å²) < 4.78 is 5.55. The zero-order chi connectivity index (χ0) is 17.9. The number of hydrogen-bond donors (Lipinski definition) is 3. The highest BCUT2D eigenvalue weighted by atomic mass is 32.1. The van der Waals surface area contributed by atoms with Crippen LogP contribution in [0.25, 0.3) is 0 Å². The number of carbonyl (C=O) groups excluding carboxylic acids is 2. The molecule has 1 rings (SSSR count). The largest absolute Gasteiger partial charge is 0.491 e. The Kier molecular flexibility index (Phi) is 8.78. The summed E-state index contributed by atoms with van der Waals surface area (Å²) in [5, 5.41) is 2.55. The first-order valence-electron chi connectivity index (χ1n) is 8.09. The molecule has 0 atom stereocenters. The molecule has 0 bridgehead atoms. The number of unbranched alkanes of at least 4 members (excludes halogenated alkanes) is 2. The van der Waals surface area contributed by atoms with E-state index in [1.165, 1.54) is 0 Å². The topological polar surface area (TPSA) is 79.5 Å². The Morgan fingerprint density at radius 3 is 2.62 bits per heavy atom. The molecule has 0 aliphatic carbocycles. The first-order valence-corrected chi connectivity index (χ1v) is 8.50. The van der Waals surface area contributed by atoms with Crippen LogP contribution < -0.4 is 20.9 Å². The van der Waals surface area contributed by atoms with Gasteiger partial charge in [0.15, 0.2) is 5.11 Å². The molecule has 0 saturated heterocycles. The molecule has 6 nitrogen and oxygen atoms in total. The number of benzene rings is 1. The van der Waals surface area contributed by atoms with Crippen LogP contribution in [0, 0.1) is 0 Å². The van der Waals surface area contributed by atoms with Gasteiger partial charge in [-0.2, -0.15) is 0 Å². The van der Waals surface area contributed by atoms with Gasteiger partial charge >= 0.3 is 0 Å². The van der Waals surface area contributed by atoms with E-state index in [1.807, 2.05) is 13.8 Å². The van der Waals surface area contributed by atoms with Gasteiger partial charge in [-0.15, -0.1) is 0 Å². The lowest BCUT2D eigenvalue weighted by Gasteiger charge is -2.12. The lowest BCUT2D eigenvalue weighted by atomic mass is 10.2. The normalized spacial score (nSPS) is 10.2. The molecule has 132 valence electrons. The van der Waals surface area contributed by atoms with Gasteiger partial charge in [0.05, 0.1) is 6.10 Å². The van der Waals surface area contributed by atoms with E-state index in [0.717, 1.165) is 19.3 Å². The number of thiocarbonyl (C=S) groups is 1. The highest BCUT2D eigenvalue weighted by Crippen LogP contribution is 2.14. The first kappa shape index (κ1) is 19.9. The van der Waals surface area contributed by atoms with Crippen LogP contribution in [0.15, 0.2) is 24.3 Å². The summed E-state index contributed by atoms with van der Waals surface area (Å²) in [4.78, 5) is 23.7. The molecule has 0 aliphatic rings. The molecule has 1 aromatic rings. The molecule has 0 heterocycles. The predicted octanol–water partition coefficient (Wildman–Crippen LogP) is 2.69. The Bertz CT molecular complexity index is 576. The molecule has 7 heteroatoms. The Hall–Kier alpha value is -2.15. The van der Waals surface area contributed by atoms with Crippen LogP contribution in [0.1, 0.15) is 56.8 Å². The fourth-order valence-corrected chi connectivity index (χ4v) is 2.06. The zero-order valence-corrected chi connectivity index (χ0v) is 15.2. The van der Waals surface area contributed by atoms with Crippen molar-refractivity contribution in [2.24, 2.45) is 0 Å². The number of amides is 2. The molecular formula is C17H25N3O3S. The van der Waals surface area contributed by atoms with Crippen LogP contribution in [0.3, 0.4) is 0 Å². The molecule has 0 aliphatic heterocycles. The fraction of sp³-hybridized carbons (Fsp3) is 0.471. The lowest BCUT2D eigenvalue weighted by Crippen LogP contribution is -2.48. The summed E-state index contributed by atoms with van der Waals surface area (Å²) in [6, 6.07) is 6.82. The van der Waals surface area contributed by atoms with Gasteiger partial charge in [0.2, 0.25) is 5.91 Å². The first-order chi connectivity index (χ1) is 11.4. The van der Waals surface area contributed by atoms with Crippen molar-refractivity contribution in [1.82, 2.24) is 16.2 Å². The van der Waals surface area contributed by atoms with E-state index in [4.69, 9.17) is 17.0 Å². The van der Waals surface area contributed by atoms with Crippen molar-refractivity contribution in [2.75, 3.05) is 0 Å². The minimum Gasteiger partial charge on any atom is -0.491 e. The fourth-order valence-electron chi connectivity index (χ4n) is 1.91. The van der Waals surface area contributed by atoms with Gasteiger partial charge in [-0.05, 0) is 50.7 Å². The van der Waals surface area contributed by atoms with Gasteiger partial charge in [0.25, 0.3) is 5.91 Å². The number of ether oxygens (including phenoxy) is 1. The molecule has 0 unspecified atom stereocenters. The van der Waals surface area contributed by atoms with E-state index in [9.17, 15) is 9.59 Å². The highest BCUT2D eigenvalue weighted by molar-refractivity contribution is 7.80. The van der Waals surface area contributed by atoms with Crippen LogP contribution >= 0.6 is 12.2 Å². The maximum Gasteiger partial charge on any atom is 0.257 e. The van der Waals surface area contributed by atoms with Crippen LogP contribution in [0.5, 0.6) is 5.75 Å². The van der Waals surface area contributed by atoms with E-state index in [-0.39, 0.29) is 23.0 Å². The van der Waals surface area contributed by atoms with E-state index in [1.54, 1.807) is 24.3 Å². The molecule has 0 aromatic heterocycles. The van der Waals surface area contributed by atoms with Crippen molar-refractivity contribution in [3.8, 4) is 5.75 Å². The quantitative estimate of drug-likeness (QED) is 0.400. The van der Waals surface area contributed by atoms with Crippen molar-refractivity contribution in [1.29, 1.82) is 0 Å². The highest BCUT2D eigenvalue weighted by Gasteiger charge is 2.10. The Morgan fingerprint density at radius 1 is 1.21 bits per heavy atom. The lowest BCUT2D eigenvalue weighted by molar-refractivity contribution is -0.121. The van der Waals surface area contributed by atoms with Crippen LogP contribution in [-0.4, -0.2) is 23.0 Å². The van der Waals surface area contributed by atoms with E-state index < -0.39 is 0 Å². The third-order valence-electron chi connectivity index (χ3n) is 3.02. The summed E-state index contributed by atoms with van der Waals surface area (Å²) >= 11 is 5.00. The average molecular weight is 351 g/mol. The third-order valence-corrected chi connectivity index (χ3v) is 3.22. The molecule has 0 radical (unpaired) electrons. The zero-order valence-electron chi connectivity index (χ0n) is 14.3. The monoisotopic (exact) mass is 351 g/mol. The van der Waals surface area contributed by atoms with Crippen LogP contribution in [-0.2, 0) is 4.79 Å². The Labute approximate surface area is 148 Å². The van der Waals surface area contributed by atoms with Crippen LogP contribution in [0.2, 0.25) is 0 Å². The number of carbonyl (C=O) groups is 2. The van der Waals surface area contributed by atoms with Crippen molar-refractivity contribution in [3.63, 3.8) is 0 Å². The van der Waals surface area contributed by atoms with Crippen molar-refractivity contribution < 1.29 is 14.3 Å². The number of nitrogens with one attached hydrogen (secondary N) is 3. The number of rotatable bonds is 7. The van der Waals surface area contributed by atoms with Gasteiger partial charge in [-0.25, -0.2) is 0 Å². The van der Waals surface area contributed by atoms with Gasteiger partial charge in [0.1, 0.15) is 5.75 Å². The summed E-state index contributed by atoms with van der Waals surface area (Å²) in [6.45, 7) is 5.89. The standard InChI is InChI=1S/C17H25N3O3S/c1-4-5-6-10-15(21)19-20-17(24)18-16(22)13-8-7-9-14(11-13)23-12(2)3/h7-9,11-12H,4-6,10H2,1-3H3,(H,19,21)(H2,18,20,22,24). The average Bonchev–Trinajstić information content (AvgIpc) is 2.53. The second kappa shape index (κ2) is 10.6. The smallest absolute Gasteiger partial charge is 0.257 e. The minimum atomic E-state index is -0.373. The maximum atomic E-state index is 12.1. The van der Waals surface area contributed by atoms with Crippen molar-refractivity contribution in [3.05, 3.63) is 29.8 Å². The Morgan fingerprint density at radius 2 is 1.96 bits per heavy atom. The second-order valence-electron chi connectivity index (χ2n) is 5.61. The molecular weight excluding hydrogens is 326 g/mol. The van der Waals surface area contributed by atoms with Crippen molar-refractivity contribution >= 4 is 29.1 Å². The summed E-state index contributed by atoms with van der Waals surface area (Å²) in [6.07, 6.45) is 3.32. The van der Waals surface area contributed by atoms with Gasteiger partial charge in [0, 0.05) is 12.0 Å². The third kappa shape index (κ3) is 7.92. The molecule has 2 amide bonds. The van der Waals surface area contributed by atoms with Gasteiger partial charge in [-0.1, -0.05) is 25.8 Å².